The molecule has 26 heavy (non-hydrogen) atoms. The molecule has 1 aromatic carbocycles. The average Bonchev–Trinajstić information content (AvgIpc) is 2.65. The minimum atomic E-state index is -0.510. The van der Waals surface area contributed by atoms with Gasteiger partial charge in [-0.15, -0.1) is 0 Å². The summed E-state index contributed by atoms with van der Waals surface area (Å²) in [6.07, 6.45) is 2.44. The topological polar surface area (TPSA) is 76.1 Å². The summed E-state index contributed by atoms with van der Waals surface area (Å²) in [5, 5.41) is 6.80. The summed E-state index contributed by atoms with van der Waals surface area (Å²) in [6.45, 7) is 3.66. The summed E-state index contributed by atoms with van der Waals surface area (Å²) in [5.41, 5.74) is 2.28. The lowest BCUT2D eigenvalue weighted by Crippen LogP contribution is -2.36. The van der Waals surface area contributed by atoms with Crippen molar-refractivity contribution in [2.45, 2.75) is 32.2 Å². The van der Waals surface area contributed by atoms with Crippen LogP contribution in [0.2, 0.25) is 0 Å². The van der Waals surface area contributed by atoms with Gasteiger partial charge in [0.2, 0.25) is 0 Å². The molecule has 0 saturated carbocycles. The van der Waals surface area contributed by atoms with Crippen LogP contribution < -0.4 is 10.6 Å². The number of piperidine rings is 1. The first-order valence-electron chi connectivity index (χ1n) is 8.74. The van der Waals surface area contributed by atoms with Gasteiger partial charge in [0.15, 0.2) is 5.69 Å². The standard InChI is InChI=1S/C19H23FN4O2/c1-12-17(19(25)26-2)24-16(11-13-3-5-14(20)6-4-13)18(22-12)23-15-7-9-21-10-8-15/h3-6,15,21H,7-11H2,1-2H3,(H,22,23). The molecule has 1 fully saturated rings. The average molecular weight is 358 g/mol. The van der Waals surface area contributed by atoms with Crippen LogP contribution >= 0.6 is 0 Å². The Balaban J connectivity index is 1.93. The maximum atomic E-state index is 13.2. The number of aromatic nitrogens is 2. The number of carbonyl (C=O) groups excluding carboxylic acids is 1. The zero-order valence-electron chi connectivity index (χ0n) is 15.0. The number of nitrogens with zero attached hydrogens (tertiary/aromatic N) is 2. The van der Waals surface area contributed by atoms with Crippen molar-refractivity contribution in [2.24, 2.45) is 0 Å². The second-order valence-electron chi connectivity index (χ2n) is 6.42. The molecule has 7 heteroatoms. The second-order valence-corrected chi connectivity index (χ2v) is 6.42. The molecule has 0 amide bonds. The Morgan fingerprint density at radius 3 is 2.62 bits per heavy atom. The molecule has 1 saturated heterocycles. The van der Waals surface area contributed by atoms with Crippen LogP contribution in [0, 0.1) is 12.7 Å². The number of hydrogen-bond donors (Lipinski definition) is 2. The zero-order valence-corrected chi connectivity index (χ0v) is 15.0. The molecule has 0 aliphatic carbocycles. The van der Waals surface area contributed by atoms with E-state index in [1.807, 2.05) is 0 Å². The number of hydrogen-bond acceptors (Lipinski definition) is 6. The Bertz CT molecular complexity index is 774. The van der Waals surface area contributed by atoms with Gasteiger partial charge >= 0.3 is 5.97 Å². The third kappa shape index (κ3) is 4.35. The minimum Gasteiger partial charge on any atom is -0.464 e. The van der Waals surface area contributed by atoms with Gasteiger partial charge in [0.05, 0.1) is 18.5 Å². The number of rotatable bonds is 5. The third-order valence-corrected chi connectivity index (χ3v) is 4.49. The highest BCUT2D eigenvalue weighted by Crippen LogP contribution is 2.21. The predicted octanol–water partition coefficient (Wildman–Crippen LogP) is 2.47. The lowest BCUT2D eigenvalue weighted by atomic mass is 10.1. The quantitative estimate of drug-likeness (QED) is 0.800. The highest BCUT2D eigenvalue weighted by Gasteiger charge is 2.20. The Labute approximate surface area is 152 Å². The SMILES string of the molecule is COC(=O)c1nc(Cc2ccc(F)cc2)c(NC2CCNCC2)nc1C. The smallest absolute Gasteiger partial charge is 0.358 e. The van der Waals surface area contributed by atoms with Crippen LogP contribution in [0.1, 0.15) is 40.3 Å². The van der Waals surface area contributed by atoms with Crippen molar-refractivity contribution in [1.82, 2.24) is 15.3 Å². The molecule has 2 N–H and O–H groups in total. The number of halogens is 1. The van der Waals surface area contributed by atoms with E-state index in [9.17, 15) is 9.18 Å². The number of aryl methyl sites for hydroxylation is 1. The van der Waals surface area contributed by atoms with Crippen molar-refractivity contribution in [1.29, 1.82) is 0 Å². The monoisotopic (exact) mass is 358 g/mol. The summed E-state index contributed by atoms with van der Waals surface area (Å²) in [5.74, 6) is -0.123. The van der Waals surface area contributed by atoms with Crippen LogP contribution in [0.4, 0.5) is 10.2 Å². The number of ether oxygens (including phenoxy) is 1. The Morgan fingerprint density at radius 2 is 1.96 bits per heavy atom. The van der Waals surface area contributed by atoms with E-state index in [-0.39, 0.29) is 11.5 Å². The van der Waals surface area contributed by atoms with Crippen LogP contribution in [0.15, 0.2) is 24.3 Å². The maximum absolute atomic E-state index is 13.2. The first-order valence-corrected chi connectivity index (χ1v) is 8.74. The number of nitrogens with one attached hydrogen (secondary N) is 2. The Hall–Kier alpha value is -2.54. The van der Waals surface area contributed by atoms with Crippen LogP contribution in [0.5, 0.6) is 0 Å². The van der Waals surface area contributed by atoms with E-state index in [1.165, 1.54) is 19.2 Å². The van der Waals surface area contributed by atoms with E-state index in [2.05, 4.69) is 20.6 Å². The van der Waals surface area contributed by atoms with E-state index in [1.54, 1.807) is 19.1 Å². The summed E-state index contributed by atoms with van der Waals surface area (Å²) in [6, 6.07) is 6.56. The fraction of sp³-hybridized carbons (Fsp3) is 0.421. The summed E-state index contributed by atoms with van der Waals surface area (Å²) < 4.78 is 18.0. The molecule has 2 heterocycles. The van der Waals surface area contributed by atoms with Crippen LogP contribution in [-0.4, -0.2) is 42.2 Å². The van der Waals surface area contributed by atoms with Gasteiger partial charge in [-0.3, -0.25) is 0 Å². The van der Waals surface area contributed by atoms with Crippen molar-refractivity contribution in [2.75, 3.05) is 25.5 Å². The largest absolute Gasteiger partial charge is 0.464 e. The van der Waals surface area contributed by atoms with Crippen molar-refractivity contribution < 1.29 is 13.9 Å². The van der Waals surface area contributed by atoms with Crippen molar-refractivity contribution >= 4 is 11.8 Å². The van der Waals surface area contributed by atoms with E-state index in [0.29, 0.717) is 29.7 Å². The van der Waals surface area contributed by atoms with E-state index >= 15 is 0 Å². The third-order valence-electron chi connectivity index (χ3n) is 4.49. The Kier molecular flexibility index (Phi) is 5.78. The number of carbonyl (C=O) groups is 1. The van der Waals surface area contributed by atoms with E-state index in [4.69, 9.17) is 4.74 Å². The molecule has 138 valence electrons. The van der Waals surface area contributed by atoms with Gasteiger partial charge in [-0.2, -0.15) is 0 Å². The molecule has 0 bridgehead atoms. The lowest BCUT2D eigenvalue weighted by molar-refractivity contribution is 0.0592. The van der Waals surface area contributed by atoms with Gasteiger partial charge in [-0.05, 0) is 50.6 Å². The molecule has 0 spiro atoms. The molecule has 0 unspecified atom stereocenters. The van der Waals surface area contributed by atoms with Gasteiger partial charge in [0.25, 0.3) is 0 Å². The summed E-state index contributed by atoms with van der Waals surface area (Å²) in [4.78, 5) is 21.1. The van der Waals surface area contributed by atoms with Gasteiger partial charge in [-0.1, -0.05) is 12.1 Å². The molecule has 2 aromatic rings. The molecule has 0 atom stereocenters. The molecular formula is C19H23FN4O2. The Morgan fingerprint density at radius 1 is 1.27 bits per heavy atom. The molecule has 1 aromatic heterocycles. The minimum absolute atomic E-state index is 0.209. The highest BCUT2D eigenvalue weighted by atomic mass is 19.1. The molecule has 1 aliphatic rings. The van der Waals surface area contributed by atoms with Gasteiger partial charge in [0.1, 0.15) is 11.6 Å². The van der Waals surface area contributed by atoms with Crippen LogP contribution in [-0.2, 0) is 11.2 Å². The molecule has 3 rings (SSSR count). The van der Waals surface area contributed by atoms with Crippen molar-refractivity contribution in [3.05, 3.63) is 52.7 Å². The van der Waals surface area contributed by atoms with Crippen LogP contribution in [0.3, 0.4) is 0 Å². The summed E-state index contributed by atoms with van der Waals surface area (Å²) >= 11 is 0. The molecular weight excluding hydrogens is 335 g/mol. The van der Waals surface area contributed by atoms with Gasteiger partial charge < -0.3 is 15.4 Å². The van der Waals surface area contributed by atoms with E-state index < -0.39 is 5.97 Å². The van der Waals surface area contributed by atoms with Crippen molar-refractivity contribution in [3.8, 4) is 0 Å². The lowest BCUT2D eigenvalue weighted by Gasteiger charge is -2.25. The number of esters is 1. The highest BCUT2D eigenvalue weighted by molar-refractivity contribution is 5.88. The first kappa shape index (κ1) is 18.3. The number of benzene rings is 1. The normalized spacial score (nSPS) is 14.9. The van der Waals surface area contributed by atoms with Crippen LogP contribution in [0.25, 0.3) is 0 Å². The zero-order chi connectivity index (χ0) is 18.5. The van der Waals surface area contributed by atoms with Crippen molar-refractivity contribution in [3.63, 3.8) is 0 Å². The summed E-state index contributed by atoms with van der Waals surface area (Å²) in [7, 11) is 1.32. The first-order chi connectivity index (χ1) is 12.6. The van der Waals surface area contributed by atoms with Gasteiger partial charge in [-0.25, -0.2) is 19.2 Å². The molecule has 0 radical (unpaired) electrons. The fourth-order valence-electron chi connectivity index (χ4n) is 3.04. The second kappa shape index (κ2) is 8.23. The fourth-order valence-corrected chi connectivity index (χ4v) is 3.04. The predicted molar refractivity (Wildman–Crippen MR) is 96.8 cm³/mol. The van der Waals surface area contributed by atoms with Gasteiger partial charge in [0, 0.05) is 12.5 Å². The molecule has 1 aliphatic heterocycles. The number of methoxy groups -OCH3 is 1. The number of anilines is 1. The van der Waals surface area contributed by atoms with E-state index in [0.717, 1.165) is 31.5 Å². The maximum Gasteiger partial charge on any atom is 0.358 e. The molecule has 6 nitrogen and oxygen atoms in total.